The minimum atomic E-state index is -0.490. The van der Waals surface area contributed by atoms with Gasteiger partial charge in [0, 0.05) is 0 Å². The highest BCUT2D eigenvalue weighted by atomic mass is 16.6. The summed E-state index contributed by atoms with van der Waals surface area (Å²) >= 11 is 0. The molecule has 0 fully saturated rings. The minimum absolute atomic E-state index is 0.101. The van der Waals surface area contributed by atoms with Gasteiger partial charge in [0.25, 0.3) is 0 Å². The average Bonchev–Trinajstić information content (AvgIpc) is 2.80. The fraction of sp³-hybridized carbons (Fsp3) is 0.308. The topological polar surface area (TPSA) is 87.0 Å². The summed E-state index contributed by atoms with van der Waals surface area (Å²) in [7, 11) is 0. The van der Waals surface area contributed by atoms with E-state index in [-0.39, 0.29) is 17.5 Å². The van der Waals surface area contributed by atoms with E-state index in [1.165, 1.54) is 17.3 Å². The van der Waals surface area contributed by atoms with Gasteiger partial charge in [0.1, 0.15) is 6.20 Å². The molecule has 98 valence electrons. The van der Waals surface area contributed by atoms with Crippen LogP contribution in [0.15, 0.2) is 30.5 Å². The molecule has 0 radical (unpaired) electrons. The molecule has 0 amide bonds. The Kier molecular flexibility index (Phi) is 2.70. The van der Waals surface area contributed by atoms with Gasteiger partial charge in [0.15, 0.2) is 0 Å². The Hall–Kier alpha value is -2.37. The van der Waals surface area contributed by atoms with Gasteiger partial charge in [-0.25, -0.2) is 4.68 Å². The molecule has 6 heteroatoms. The Labute approximate surface area is 110 Å². The fourth-order valence-corrected chi connectivity index (χ4v) is 2.68. The normalized spacial score (nSPS) is 18.0. The monoisotopic (exact) mass is 258 g/mol. The van der Waals surface area contributed by atoms with E-state index in [0.29, 0.717) is 0 Å². The third-order valence-corrected chi connectivity index (χ3v) is 3.68. The summed E-state index contributed by atoms with van der Waals surface area (Å²) in [4.78, 5) is 10.3. The van der Waals surface area contributed by atoms with Gasteiger partial charge < -0.3 is 5.73 Å². The van der Waals surface area contributed by atoms with Crippen molar-refractivity contribution in [3.05, 3.63) is 51.7 Å². The number of aryl methyl sites for hydroxylation is 1. The van der Waals surface area contributed by atoms with Crippen LogP contribution in [0.2, 0.25) is 0 Å². The first-order chi connectivity index (χ1) is 9.16. The molecule has 1 atom stereocenters. The first-order valence-electron chi connectivity index (χ1n) is 6.21. The molecule has 2 N–H and O–H groups in total. The van der Waals surface area contributed by atoms with Gasteiger partial charge in [0.2, 0.25) is 5.82 Å². The number of hydrogen-bond acceptors (Lipinski definition) is 4. The quantitative estimate of drug-likeness (QED) is 0.660. The molecule has 1 unspecified atom stereocenters. The Balaban J connectivity index is 1.91. The van der Waals surface area contributed by atoms with E-state index in [0.717, 1.165) is 19.3 Å². The van der Waals surface area contributed by atoms with Gasteiger partial charge in [-0.2, -0.15) is 5.10 Å². The van der Waals surface area contributed by atoms with Crippen molar-refractivity contribution >= 4 is 11.5 Å². The lowest BCUT2D eigenvalue weighted by molar-refractivity contribution is -0.384. The Morgan fingerprint density at radius 3 is 2.79 bits per heavy atom. The minimum Gasteiger partial charge on any atom is -0.378 e. The predicted molar refractivity (Wildman–Crippen MR) is 70.8 cm³/mol. The zero-order valence-electron chi connectivity index (χ0n) is 10.3. The van der Waals surface area contributed by atoms with Crippen LogP contribution in [0.4, 0.5) is 11.5 Å². The molecule has 0 saturated carbocycles. The van der Waals surface area contributed by atoms with Gasteiger partial charge in [-0.1, -0.05) is 24.3 Å². The van der Waals surface area contributed by atoms with Crippen molar-refractivity contribution in [2.75, 3.05) is 5.73 Å². The highest BCUT2D eigenvalue weighted by Gasteiger charge is 2.26. The number of anilines is 1. The standard InChI is InChI=1S/C13H14N4O2/c14-13-12(17(18)19)8-15-16(13)11-6-5-9-3-1-2-4-10(9)7-11/h1-4,8,11H,5-7,14H2. The second-order valence-corrected chi connectivity index (χ2v) is 4.78. The maximum Gasteiger partial charge on any atom is 0.330 e. The van der Waals surface area contributed by atoms with E-state index < -0.39 is 4.92 Å². The third kappa shape index (κ3) is 1.95. The van der Waals surface area contributed by atoms with Crippen LogP contribution in [0.1, 0.15) is 23.6 Å². The maximum absolute atomic E-state index is 10.8. The zero-order chi connectivity index (χ0) is 13.4. The Morgan fingerprint density at radius 1 is 1.37 bits per heavy atom. The molecule has 1 aliphatic rings. The van der Waals surface area contributed by atoms with E-state index in [9.17, 15) is 10.1 Å². The van der Waals surface area contributed by atoms with Gasteiger partial charge in [0.05, 0.1) is 11.0 Å². The Morgan fingerprint density at radius 2 is 2.11 bits per heavy atom. The Bertz CT molecular complexity index is 635. The van der Waals surface area contributed by atoms with Crippen LogP contribution in [-0.4, -0.2) is 14.7 Å². The summed E-state index contributed by atoms with van der Waals surface area (Å²) in [5.41, 5.74) is 8.32. The number of nitrogens with zero attached hydrogens (tertiary/aromatic N) is 3. The van der Waals surface area contributed by atoms with Crippen LogP contribution in [0.5, 0.6) is 0 Å². The second-order valence-electron chi connectivity index (χ2n) is 4.78. The molecule has 0 bridgehead atoms. The summed E-state index contributed by atoms with van der Waals surface area (Å²) in [5, 5.41) is 14.9. The van der Waals surface area contributed by atoms with Gasteiger partial charge in [-0.3, -0.25) is 10.1 Å². The van der Waals surface area contributed by atoms with Crippen molar-refractivity contribution < 1.29 is 4.92 Å². The second kappa shape index (κ2) is 4.38. The van der Waals surface area contributed by atoms with Crippen LogP contribution in [0.3, 0.4) is 0 Å². The summed E-state index contributed by atoms with van der Waals surface area (Å²) < 4.78 is 1.59. The summed E-state index contributed by atoms with van der Waals surface area (Å²) in [5.74, 6) is 0.148. The van der Waals surface area contributed by atoms with Crippen molar-refractivity contribution in [3.63, 3.8) is 0 Å². The molecule has 19 heavy (non-hydrogen) atoms. The van der Waals surface area contributed by atoms with Crippen molar-refractivity contribution in [3.8, 4) is 0 Å². The van der Waals surface area contributed by atoms with E-state index in [4.69, 9.17) is 5.73 Å². The van der Waals surface area contributed by atoms with E-state index in [1.54, 1.807) is 4.68 Å². The van der Waals surface area contributed by atoms with Crippen LogP contribution >= 0.6 is 0 Å². The molecular formula is C13H14N4O2. The number of hydrogen-bond donors (Lipinski definition) is 1. The van der Waals surface area contributed by atoms with E-state index in [2.05, 4.69) is 17.2 Å². The van der Waals surface area contributed by atoms with Gasteiger partial charge in [-0.05, 0) is 30.4 Å². The summed E-state index contributed by atoms with van der Waals surface area (Å²) in [6, 6.07) is 8.36. The van der Waals surface area contributed by atoms with Crippen molar-refractivity contribution in [1.29, 1.82) is 0 Å². The first-order valence-corrected chi connectivity index (χ1v) is 6.21. The number of rotatable bonds is 2. The molecular weight excluding hydrogens is 244 g/mol. The molecule has 6 nitrogen and oxygen atoms in total. The van der Waals surface area contributed by atoms with E-state index >= 15 is 0 Å². The lowest BCUT2D eigenvalue weighted by Gasteiger charge is -2.25. The molecule has 3 rings (SSSR count). The van der Waals surface area contributed by atoms with Crippen LogP contribution in [-0.2, 0) is 12.8 Å². The lowest BCUT2D eigenvalue weighted by atomic mass is 9.88. The number of nitrogens with two attached hydrogens (primary N) is 1. The van der Waals surface area contributed by atoms with Crippen LogP contribution in [0.25, 0.3) is 0 Å². The summed E-state index contributed by atoms with van der Waals surface area (Å²) in [6.07, 6.45) is 3.91. The number of nitro groups is 1. The molecule has 0 spiro atoms. The highest BCUT2D eigenvalue weighted by Crippen LogP contribution is 2.32. The molecule has 1 aliphatic carbocycles. The van der Waals surface area contributed by atoms with Gasteiger partial charge in [-0.15, -0.1) is 0 Å². The molecule has 0 aliphatic heterocycles. The molecule has 0 saturated heterocycles. The summed E-state index contributed by atoms with van der Waals surface area (Å²) in [6.45, 7) is 0. The third-order valence-electron chi connectivity index (χ3n) is 3.68. The highest BCUT2D eigenvalue weighted by molar-refractivity contribution is 5.51. The lowest BCUT2D eigenvalue weighted by Crippen LogP contribution is -2.21. The van der Waals surface area contributed by atoms with Crippen LogP contribution < -0.4 is 5.73 Å². The number of fused-ring (bicyclic) bond motifs is 1. The van der Waals surface area contributed by atoms with E-state index in [1.807, 2.05) is 12.1 Å². The first kappa shape index (κ1) is 11.7. The molecule has 1 heterocycles. The number of aromatic nitrogens is 2. The van der Waals surface area contributed by atoms with Crippen molar-refractivity contribution in [2.24, 2.45) is 0 Å². The molecule has 2 aromatic rings. The predicted octanol–water partition coefficient (Wildman–Crippen LogP) is 2.10. The number of benzene rings is 1. The molecule has 1 aromatic heterocycles. The average molecular weight is 258 g/mol. The van der Waals surface area contributed by atoms with Crippen molar-refractivity contribution in [2.45, 2.75) is 25.3 Å². The largest absolute Gasteiger partial charge is 0.378 e. The van der Waals surface area contributed by atoms with Crippen LogP contribution in [0, 0.1) is 10.1 Å². The fourth-order valence-electron chi connectivity index (χ4n) is 2.68. The van der Waals surface area contributed by atoms with Gasteiger partial charge >= 0.3 is 5.69 Å². The maximum atomic E-state index is 10.8. The SMILES string of the molecule is Nc1c([N+](=O)[O-])cnn1C1CCc2ccccc2C1. The smallest absolute Gasteiger partial charge is 0.330 e. The van der Waals surface area contributed by atoms with Crippen molar-refractivity contribution in [1.82, 2.24) is 9.78 Å². The zero-order valence-corrected chi connectivity index (χ0v) is 10.3. The number of nitrogen functional groups attached to an aromatic ring is 1. The molecule has 1 aromatic carbocycles.